The van der Waals surface area contributed by atoms with Gasteiger partial charge in [-0.25, -0.2) is 0 Å². The third-order valence-corrected chi connectivity index (χ3v) is 3.12. The summed E-state index contributed by atoms with van der Waals surface area (Å²) in [5, 5.41) is 0.822. The maximum Gasteiger partial charge on any atom is 0.0406 e. The van der Waals surface area contributed by atoms with Gasteiger partial charge >= 0.3 is 0 Å². The third-order valence-electron chi connectivity index (χ3n) is 2.87. The molecule has 0 saturated carbocycles. The molecule has 0 spiro atoms. The average molecular weight is 224 g/mol. The van der Waals surface area contributed by atoms with Crippen LogP contribution >= 0.6 is 11.6 Å². The Morgan fingerprint density at radius 3 is 2.60 bits per heavy atom. The summed E-state index contributed by atoms with van der Waals surface area (Å²) in [7, 11) is 0. The highest BCUT2D eigenvalue weighted by Crippen LogP contribution is 2.27. The van der Waals surface area contributed by atoms with Crippen molar-refractivity contribution in [1.29, 1.82) is 0 Å². The van der Waals surface area contributed by atoms with Gasteiger partial charge in [-0.3, -0.25) is 4.90 Å². The molecule has 0 bridgehead atoms. The number of rotatable bonds is 4. The molecule has 1 aromatic carbocycles. The largest absolute Gasteiger partial charge is 0.293 e. The summed E-state index contributed by atoms with van der Waals surface area (Å²) in [5.41, 5.74) is 1.37. The van der Waals surface area contributed by atoms with Crippen molar-refractivity contribution >= 4 is 11.6 Å². The number of benzene rings is 1. The second-order valence-corrected chi connectivity index (χ2v) is 5.28. The number of halogens is 1. The summed E-state index contributed by atoms with van der Waals surface area (Å²) >= 11 is 5.85. The fraction of sp³-hybridized carbons (Fsp3) is 0.538. The number of nitrogens with zero attached hydrogens (tertiary/aromatic N) is 1. The Kier molecular flexibility index (Phi) is 3.32. The first-order valence-corrected chi connectivity index (χ1v) is 6.01. The van der Waals surface area contributed by atoms with E-state index >= 15 is 0 Å². The SMILES string of the molecule is CC(C)C[C@H]1CN1Cc1ccc(Cl)cc1. The van der Waals surface area contributed by atoms with E-state index < -0.39 is 0 Å². The van der Waals surface area contributed by atoms with E-state index in [4.69, 9.17) is 11.6 Å². The smallest absolute Gasteiger partial charge is 0.0406 e. The number of hydrogen-bond acceptors (Lipinski definition) is 1. The molecule has 1 unspecified atom stereocenters. The average Bonchev–Trinajstić information content (AvgIpc) is 2.87. The Balaban J connectivity index is 1.82. The molecule has 2 atom stereocenters. The molecule has 1 heterocycles. The molecule has 1 fully saturated rings. The standard InChI is InChI=1S/C13H18ClN/c1-10(2)7-13-9-15(13)8-11-3-5-12(14)6-4-11/h3-6,10,13H,7-9H2,1-2H3/t13-,15?/m0/s1. The van der Waals surface area contributed by atoms with E-state index in [1.807, 2.05) is 12.1 Å². The van der Waals surface area contributed by atoms with Gasteiger partial charge in [-0.05, 0) is 30.0 Å². The lowest BCUT2D eigenvalue weighted by molar-refractivity contribution is 0.448. The maximum atomic E-state index is 5.85. The van der Waals surface area contributed by atoms with E-state index in [0.717, 1.165) is 23.5 Å². The van der Waals surface area contributed by atoms with E-state index in [1.54, 1.807) is 0 Å². The minimum atomic E-state index is 0.810. The third kappa shape index (κ3) is 3.22. The van der Waals surface area contributed by atoms with Gasteiger partial charge in [-0.15, -0.1) is 0 Å². The van der Waals surface area contributed by atoms with Gasteiger partial charge in [0.2, 0.25) is 0 Å². The summed E-state index contributed by atoms with van der Waals surface area (Å²) in [4.78, 5) is 2.52. The Morgan fingerprint density at radius 2 is 2.00 bits per heavy atom. The van der Waals surface area contributed by atoms with Crippen molar-refractivity contribution in [3.8, 4) is 0 Å². The Hall–Kier alpha value is -0.530. The zero-order chi connectivity index (χ0) is 10.8. The van der Waals surface area contributed by atoms with Crippen LogP contribution in [-0.2, 0) is 6.54 Å². The molecule has 0 radical (unpaired) electrons. The molecule has 0 N–H and O–H groups in total. The molecule has 1 saturated heterocycles. The fourth-order valence-electron chi connectivity index (χ4n) is 2.01. The quantitative estimate of drug-likeness (QED) is 0.706. The fourth-order valence-corrected chi connectivity index (χ4v) is 2.14. The first kappa shape index (κ1) is 11.0. The Labute approximate surface area is 97.0 Å². The molecule has 0 aromatic heterocycles. The van der Waals surface area contributed by atoms with Crippen molar-refractivity contribution < 1.29 is 0 Å². The van der Waals surface area contributed by atoms with Crippen LogP contribution in [0, 0.1) is 5.92 Å². The topological polar surface area (TPSA) is 3.01 Å². The second-order valence-electron chi connectivity index (χ2n) is 4.84. The van der Waals surface area contributed by atoms with Gasteiger partial charge in [0.1, 0.15) is 0 Å². The molecule has 82 valence electrons. The lowest BCUT2D eigenvalue weighted by Crippen LogP contribution is -2.04. The minimum absolute atomic E-state index is 0.810. The van der Waals surface area contributed by atoms with Crippen LogP contribution in [0.1, 0.15) is 25.8 Å². The van der Waals surface area contributed by atoms with Crippen molar-refractivity contribution in [2.45, 2.75) is 32.9 Å². The zero-order valence-corrected chi connectivity index (χ0v) is 10.2. The van der Waals surface area contributed by atoms with E-state index in [9.17, 15) is 0 Å². The van der Waals surface area contributed by atoms with Crippen molar-refractivity contribution in [3.05, 3.63) is 34.9 Å². The summed E-state index contributed by atoms with van der Waals surface area (Å²) in [6, 6.07) is 9.00. The van der Waals surface area contributed by atoms with Gasteiger partial charge in [0, 0.05) is 24.2 Å². The van der Waals surface area contributed by atoms with Crippen LogP contribution in [0.2, 0.25) is 5.02 Å². The first-order chi connectivity index (χ1) is 7.15. The molecule has 0 amide bonds. The predicted octanol–water partition coefficient (Wildman–Crippen LogP) is 3.57. The van der Waals surface area contributed by atoms with Gasteiger partial charge in [-0.1, -0.05) is 37.6 Å². The lowest BCUT2D eigenvalue weighted by Gasteiger charge is -2.06. The van der Waals surface area contributed by atoms with Gasteiger partial charge in [0.05, 0.1) is 0 Å². The minimum Gasteiger partial charge on any atom is -0.293 e. The van der Waals surface area contributed by atoms with Crippen molar-refractivity contribution in [1.82, 2.24) is 4.90 Å². The Morgan fingerprint density at radius 1 is 1.33 bits per heavy atom. The normalized spacial score (nSPS) is 24.5. The molecule has 1 aliphatic heterocycles. The zero-order valence-electron chi connectivity index (χ0n) is 9.41. The molecule has 1 nitrogen and oxygen atoms in total. The number of hydrogen-bond donors (Lipinski definition) is 0. The monoisotopic (exact) mass is 223 g/mol. The molecule has 0 aliphatic carbocycles. The molecule has 2 rings (SSSR count). The highest BCUT2D eigenvalue weighted by molar-refractivity contribution is 6.30. The second kappa shape index (κ2) is 4.54. The van der Waals surface area contributed by atoms with Gasteiger partial charge < -0.3 is 0 Å². The van der Waals surface area contributed by atoms with Crippen molar-refractivity contribution in [2.75, 3.05) is 6.54 Å². The van der Waals surface area contributed by atoms with Gasteiger partial charge in [0.15, 0.2) is 0 Å². The van der Waals surface area contributed by atoms with Crippen molar-refractivity contribution in [2.24, 2.45) is 5.92 Å². The summed E-state index contributed by atoms with van der Waals surface area (Å²) < 4.78 is 0. The van der Waals surface area contributed by atoms with E-state index in [0.29, 0.717) is 0 Å². The lowest BCUT2D eigenvalue weighted by atomic mass is 10.1. The first-order valence-electron chi connectivity index (χ1n) is 5.63. The van der Waals surface area contributed by atoms with Gasteiger partial charge in [0.25, 0.3) is 0 Å². The molecule has 1 aliphatic rings. The van der Waals surface area contributed by atoms with Crippen LogP contribution in [0.4, 0.5) is 0 Å². The molecular formula is C13H18ClN. The van der Waals surface area contributed by atoms with Crippen LogP contribution in [0.15, 0.2) is 24.3 Å². The predicted molar refractivity (Wildman–Crippen MR) is 65.1 cm³/mol. The Bertz CT molecular complexity index is 318. The van der Waals surface area contributed by atoms with Crippen LogP contribution < -0.4 is 0 Å². The van der Waals surface area contributed by atoms with Crippen LogP contribution in [0.5, 0.6) is 0 Å². The van der Waals surface area contributed by atoms with E-state index in [1.165, 1.54) is 18.5 Å². The summed E-state index contributed by atoms with van der Waals surface area (Å²) in [6.07, 6.45) is 1.33. The summed E-state index contributed by atoms with van der Waals surface area (Å²) in [6.45, 7) is 6.92. The molecule has 2 heteroatoms. The van der Waals surface area contributed by atoms with Crippen LogP contribution in [0.25, 0.3) is 0 Å². The van der Waals surface area contributed by atoms with E-state index in [-0.39, 0.29) is 0 Å². The highest BCUT2D eigenvalue weighted by Gasteiger charge is 2.33. The summed E-state index contributed by atoms with van der Waals surface area (Å²) in [5.74, 6) is 0.810. The van der Waals surface area contributed by atoms with E-state index in [2.05, 4.69) is 30.9 Å². The van der Waals surface area contributed by atoms with Crippen molar-refractivity contribution in [3.63, 3.8) is 0 Å². The van der Waals surface area contributed by atoms with Gasteiger partial charge in [-0.2, -0.15) is 0 Å². The maximum absolute atomic E-state index is 5.85. The molecular weight excluding hydrogens is 206 g/mol. The van der Waals surface area contributed by atoms with Crippen LogP contribution in [-0.4, -0.2) is 17.5 Å². The highest BCUT2D eigenvalue weighted by atomic mass is 35.5. The van der Waals surface area contributed by atoms with Crippen LogP contribution in [0.3, 0.4) is 0 Å². The molecule has 15 heavy (non-hydrogen) atoms. The molecule has 1 aromatic rings.